The minimum Gasteiger partial charge on any atom is -0.367 e. The number of hydrogen-bond acceptors (Lipinski definition) is 8. The van der Waals surface area contributed by atoms with Crippen molar-refractivity contribution in [2.75, 3.05) is 29.2 Å². The molecule has 33 heavy (non-hydrogen) atoms. The molecule has 1 amide bonds. The molecule has 174 valence electrons. The fourth-order valence-electron chi connectivity index (χ4n) is 3.89. The number of aromatic nitrogens is 4. The van der Waals surface area contributed by atoms with Crippen LogP contribution < -0.4 is 15.1 Å². The maximum Gasteiger partial charge on any atom is 0.417 e. The molecule has 0 aromatic carbocycles. The van der Waals surface area contributed by atoms with Crippen molar-refractivity contribution in [1.29, 1.82) is 0 Å². The van der Waals surface area contributed by atoms with Crippen LogP contribution in [0, 0.1) is 0 Å². The summed E-state index contributed by atoms with van der Waals surface area (Å²) >= 11 is 1.07. The Morgan fingerprint density at radius 3 is 2.70 bits per heavy atom. The Labute approximate surface area is 192 Å². The third-order valence-electron chi connectivity index (χ3n) is 6.03. The highest BCUT2D eigenvalue weighted by Crippen LogP contribution is 2.49. The van der Waals surface area contributed by atoms with Gasteiger partial charge in [-0.25, -0.2) is 9.97 Å². The lowest BCUT2D eigenvalue weighted by Crippen LogP contribution is -2.41. The van der Waals surface area contributed by atoms with Crippen molar-refractivity contribution in [1.82, 2.24) is 19.3 Å². The molecule has 0 bridgehead atoms. The summed E-state index contributed by atoms with van der Waals surface area (Å²) < 4.78 is 44.1. The molecular weight excluding hydrogens is 455 g/mol. The number of alkyl halides is 3. The highest BCUT2D eigenvalue weighted by Gasteiger charge is 2.46. The van der Waals surface area contributed by atoms with Gasteiger partial charge in [-0.1, -0.05) is 0 Å². The van der Waals surface area contributed by atoms with E-state index < -0.39 is 17.6 Å². The van der Waals surface area contributed by atoms with Crippen LogP contribution in [0.15, 0.2) is 30.7 Å². The first-order valence-electron chi connectivity index (χ1n) is 10.0. The zero-order chi connectivity index (χ0) is 24.1. The van der Waals surface area contributed by atoms with Gasteiger partial charge in [-0.2, -0.15) is 17.5 Å². The first-order chi connectivity index (χ1) is 15.4. The molecule has 3 aromatic heterocycles. The van der Waals surface area contributed by atoms with Crippen LogP contribution in [0.3, 0.4) is 0 Å². The molecule has 12 heteroatoms. The van der Waals surface area contributed by atoms with E-state index in [0.29, 0.717) is 11.0 Å². The van der Waals surface area contributed by atoms with Crippen molar-refractivity contribution in [3.63, 3.8) is 0 Å². The molecular formula is C21H22F3N7OS. The minimum atomic E-state index is -4.59. The Balaban J connectivity index is 1.69. The number of amides is 1. The van der Waals surface area contributed by atoms with Crippen molar-refractivity contribution in [2.24, 2.45) is 0 Å². The van der Waals surface area contributed by atoms with E-state index in [1.807, 2.05) is 13.1 Å². The number of carbonyl (C=O) groups excluding carboxylic acids is 1. The van der Waals surface area contributed by atoms with Crippen molar-refractivity contribution >= 4 is 39.8 Å². The van der Waals surface area contributed by atoms with Gasteiger partial charge in [-0.05, 0) is 31.5 Å². The Kier molecular flexibility index (Phi) is 5.51. The van der Waals surface area contributed by atoms with Crippen LogP contribution in [-0.2, 0) is 11.0 Å². The van der Waals surface area contributed by atoms with Gasteiger partial charge in [0.25, 0.3) is 0 Å². The van der Waals surface area contributed by atoms with E-state index in [1.54, 1.807) is 12.4 Å². The SMILES string of the molecule is CC(=O)N(C)c1cc(C(F)(F)F)cnc1Nc1nc(C2c3ccncc3N(C)C2(C)C)ns1. The number of halogens is 3. The second-order valence-electron chi connectivity index (χ2n) is 8.33. The topological polar surface area (TPSA) is 87.1 Å². The smallest absolute Gasteiger partial charge is 0.367 e. The van der Waals surface area contributed by atoms with Crippen LogP contribution in [0.5, 0.6) is 0 Å². The monoisotopic (exact) mass is 477 g/mol. The number of fused-ring (bicyclic) bond motifs is 1. The van der Waals surface area contributed by atoms with Gasteiger partial charge in [0.1, 0.15) is 0 Å². The molecule has 0 radical (unpaired) electrons. The lowest BCUT2D eigenvalue weighted by atomic mass is 9.85. The summed E-state index contributed by atoms with van der Waals surface area (Å²) in [6.45, 7) is 5.43. The summed E-state index contributed by atoms with van der Waals surface area (Å²) in [5, 5.41) is 3.30. The standard InChI is InChI=1S/C21H22F3N7OS/c1-11(32)30(4)14-8-12(21(22,23)24)9-26-17(14)27-19-28-18(29-33-19)16-13-6-7-25-10-15(13)31(5)20(16,2)3/h6-10,16H,1-5H3,(H,26,27,28,29). The summed E-state index contributed by atoms with van der Waals surface area (Å²) in [6, 6.07) is 2.83. The van der Waals surface area contributed by atoms with E-state index in [4.69, 9.17) is 0 Å². The molecule has 0 aliphatic carbocycles. The zero-order valence-electron chi connectivity index (χ0n) is 18.6. The average molecular weight is 478 g/mol. The van der Waals surface area contributed by atoms with Crippen LogP contribution in [0.25, 0.3) is 0 Å². The zero-order valence-corrected chi connectivity index (χ0v) is 19.4. The van der Waals surface area contributed by atoms with Crippen molar-refractivity contribution in [2.45, 2.75) is 38.4 Å². The van der Waals surface area contributed by atoms with Gasteiger partial charge in [0.2, 0.25) is 11.0 Å². The Morgan fingerprint density at radius 1 is 1.30 bits per heavy atom. The van der Waals surface area contributed by atoms with Crippen molar-refractivity contribution in [3.8, 4) is 0 Å². The summed E-state index contributed by atoms with van der Waals surface area (Å²) in [6.07, 6.45) is -0.336. The Bertz CT molecular complexity index is 1210. The number of hydrogen-bond donors (Lipinski definition) is 1. The van der Waals surface area contributed by atoms with E-state index >= 15 is 0 Å². The molecule has 0 saturated heterocycles. The fraction of sp³-hybridized carbons (Fsp3) is 0.381. The molecule has 1 aliphatic rings. The normalized spacial score (nSPS) is 17.1. The second-order valence-corrected chi connectivity index (χ2v) is 9.08. The van der Waals surface area contributed by atoms with Crippen molar-refractivity contribution in [3.05, 3.63) is 47.7 Å². The van der Waals surface area contributed by atoms with Crippen LogP contribution in [0.1, 0.15) is 43.6 Å². The lowest BCUT2D eigenvalue weighted by Gasteiger charge is -2.33. The molecule has 4 rings (SSSR count). The molecule has 0 fully saturated rings. The molecule has 1 unspecified atom stereocenters. The first kappa shape index (κ1) is 22.9. The first-order valence-corrected chi connectivity index (χ1v) is 10.8. The highest BCUT2D eigenvalue weighted by molar-refractivity contribution is 7.09. The van der Waals surface area contributed by atoms with Gasteiger partial charge in [-0.15, -0.1) is 0 Å². The number of nitrogens with one attached hydrogen (secondary N) is 1. The van der Waals surface area contributed by atoms with Crippen LogP contribution >= 0.6 is 11.5 Å². The maximum absolute atomic E-state index is 13.2. The van der Waals surface area contributed by atoms with Gasteiger partial charge in [0.15, 0.2) is 11.6 Å². The second kappa shape index (κ2) is 7.94. The molecule has 4 heterocycles. The van der Waals surface area contributed by atoms with E-state index in [-0.39, 0.29) is 23.0 Å². The fourth-order valence-corrected chi connectivity index (χ4v) is 4.50. The minimum absolute atomic E-state index is 0.00794. The van der Waals surface area contributed by atoms with Gasteiger partial charge < -0.3 is 15.1 Å². The lowest BCUT2D eigenvalue weighted by molar-refractivity contribution is -0.137. The van der Waals surface area contributed by atoms with Gasteiger partial charge >= 0.3 is 6.18 Å². The highest BCUT2D eigenvalue weighted by atomic mass is 32.1. The van der Waals surface area contributed by atoms with Crippen molar-refractivity contribution < 1.29 is 18.0 Å². The number of pyridine rings is 2. The van der Waals surface area contributed by atoms with E-state index in [9.17, 15) is 18.0 Å². The number of nitrogens with zero attached hydrogens (tertiary/aromatic N) is 6. The Hall–Kier alpha value is -3.28. The van der Waals surface area contributed by atoms with E-state index in [1.165, 1.54) is 14.0 Å². The maximum atomic E-state index is 13.2. The quantitative estimate of drug-likeness (QED) is 0.595. The number of carbonyl (C=O) groups is 1. The number of anilines is 4. The summed E-state index contributed by atoms with van der Waals surface area (Å²) in [7, 11) is 3.38. The third-order valence-corrected chi connectivity index (χ3v) is 6.67. The predicted molar refractivity (Wildman–Crippen MR) is 120 cm³/mol. The van der Waals surface area contributed by atoms with E-state index in [0.717, 1.165) is 39.9 Å². The van der Waals surface area contributed by atoms with E-state index in [2.05, 4.69) is 43.4 Å². The molecule has 1 N–H and O–H groups in total. The third kappa shape index (κ3) is 3.99. The molecule has 1 atom stereocenters. The van der Waals surface area contributed by atoms with Crippen LogP contribution in [0.2, 0.25) is 0 Å². The molecule has 0 spiro atoms. The average Bonchev–Trinajstić information content (AvgIpc) is 3.27. The summed E-state index contributed by atoms with van der Waals surface area (Å²) in [4.78, 5) is 27.8. The summed E-state index contributed by atoms with van der Waals surface area (Å²) in [5.41, 5.74) is 0.760. The largest absolute Gasteiger partial charge is 0.417 e. The molecule has 0 saturated carbocycles. The van der Waals surface area contributed by atoms with Gasteiger partial charge in [-0.3, -0.25) is 9.78 Å². The number of rotatable bonds is 4. The molecule has 1 aliphatic heterocycles. The van der Waals surface area contributed by atoms with Crippen LogP contribution in [0.4, 0.5) is 35.5 Å². The summed E-state index contributed by atoms with van der Waals surface area (Å²) in [5.74, 6) is 0.0961. The predicted octanol–water partition coefficient (Wildman–Crippen LogP) is 4.43. The van der Waals surface area contributed by atoms with Gasteiger partial charge in [0.05, 0.1) is 29.1 Å². The number of likely N-dealkylation sites (N-methyl/N-ethyl adjacent to an activating group) is 1. The van der Waals surface area contributed by atoms with Crippen LogP contribution in [-0.4, -0.2) is 44.9 Å². The van der Waals surface area contributed by atoms with Gasteiger partial charge in [0, 0.05) is 50.5 Å². The Morgan fingerprint density at radius 2 is 2.03 bits per heavy atom. The molecule has 8 nitrogen and oxygen atoms in total. The molecule has 3 aromatic rings.